The standard InChI is InChI=1S/C10H13N3/c1-7(6-11)10-8-4-2-3-5-9(8)12-13-10/h2-5,7H,6,11H2,1H3,(H,12,13). The molecule has 0 aliphatic carbocycles. The number of rotatable bonds is 2. The van der Waals surface area contributed by atoms with Crippen LogP contribution < -0.4 is 5.73 Å². The maximum absolute atomic E-state index is 5.61. The Kier molecular flexibility index (Phi) is 2.02. The maximum atomic E-state index is 5.61. The lowest BCUT2D eigenvalue weighted by Crippen LogP contribution is -2.09. The molecule has 0 saturated carbocycles. The predicted octanol–water partition coefficient (Wildman–Crippen LogP) is 1.63. The first kappa shape index (κ1) is 8.26. The van der Waals surface area contributed by atoms with Gasteiger partial charge >= 0.3 is 0 Å². The average Bonchev–Trinajstić information content (AvgIpc) is 2.60. The molecule has 1 heterocycles. The number of benzene rings is 1. The third-order valence-corrected chi connectivity index (χ3v) is 2.34. The monoisotopic (exact) mass is 175 g/mol. The smallest absolute Gasteiger partial charge is 0.0923 e. The molecule has 3 heteroatoms. The molecule has 0 radical (unpaired) electrons. The van der Waals surface area contributed by atoms with E-state index in [0.717, 1.165) is 11.2 Å². The molecule has 2 rings (SSSR count). The number of nitrogens with two attached hydrogens (primary N) is 1. The molecule has 3 nitrogen and oxygen atoms in total. The predicted molar refractivity (Wildman–Crippen MR) is 53.6 cm³/mol. The molecule has 0 saturated heterocycles. The van der Waals surface area contributed by atoms with Crippen LogP contribution in [-0.4, -0.2) is 16.7 Å². The minimum atomic E-state index is 0.340. The van der Waals surface area contributed by atoms with E-state index < -0.39 is 0 Å². The summed E-state index contributed by atoms with van der Waals surface area (Å²) in [6.07, 6.45) is 0. The summed E-state index contributed by atoms with van der Waals surface area (Å²) in [6, 6.07) is 8.07. The SMILES string of the molecule is CC(CN)c1[nH]nc2ccccc12. The van der Waals surface area contributed by atoms with Crippen LogP contribution in [0, 0.1) is 0 Å². The molecule has 0 aliphatic heterocycles. The van der Waals surface area contributed by atoms with Gasteiger partial charge in [0, 0.05) is 23.5 Å². The van der Waals surface area contributed by atoms with Crippen LogP contribution in [-0.2, 0) is 0 Å². The number of aromatic nitrogens is 2. The molecule has 1 unspecified atom stereocenters. The molecule has 3 N–H and O–H groups in total. The van der Waals surface area contributed by atoms with Crippen molar-refractivity contribution < 1.29 is 0 Å². The molecule has 0 bridgehead atoms. The summed E-state index contributed by atoms with van der Waals surface area (Å²) in [4.78, 5) is 0. The van der Waals surface area contributed by atoms with Gasteiger partial charge in [-0.2, -0.15) is 5.10 Å². The molecule has 0 amide bonds. The molecule has 0 fully saturated rings. The highest BCUT2D eigenvalue weighted by Crippen LogP contribution is 2.21. The molecule has 0 spiro atoms. The number of nitrogens with zero attached hydrogens (tertiary/aromatic N) is 1. The van der Waals surface area contributed by atoms with Crippen molar-refractivity contribution in [3.8, 4) is 0 Å². The van der Waals surface area contributed by atoms with E-state index in [1.807, 2.05) is 18.2 Å². The Labute approximate surface area is 76.9 Å². The summed E-state index contributed by atoms with van der Waals surface area (Å²) in [5.41, 5.74) is 7.76. The molecule has 2 aromatic rings. The number of nitrogens with one attached hydrogen (secondary N) is 1. The van der Waals surface area contributed by atoms with Crippen LogP contribution in [0.15, 0.2) is 24.3 Å². The first-order chi connectivity index (χ1) is 6.33. The lowest BCUT2D eigenvalue weighted by atomic mass is 10.0. The van der Waals surface area contributed by atoms with Gasteiger partial charge in [0.05, 0.1) is 5.52 Å². The van der Waals surface area contributed by atoms with Crippen molar-refractivity contribution in [1.29, 1.82) is 0 Å². The van der Waals surface area contributed by atoms with E-state index in [1.54, 1.807) is 0 Å². The van der Waals surface area contributed by atoms with Crippen molar-refractivity contribution in [2.24, 2.45) is 5.73 Å². The van der Waals surface area contributed by atoms with E-state index in [-0.39, 0.29) is 0 Å². The third kappa shape index (κ3) is 1.31. The quantitative estimate of drug-likeness (QED) is 0.728. The number of fused-ring (bicyclic) bond motifs is 1. The molecule has 1 aromatic heterocycles. The number of aromatic amines is 1. The molecule has 68 valence electrons. The topological polar surface area (TPSA) is 54.7 Å². The second-order valence-corrected chi connectivity index (χ2v) is 3.29. The zero-order valence-electron chi connectivity index (χ0n) is 7.62. The van der Waals surface area contributed by atoms with Gasteiger partial charge in [0.1, 0.15) is 0 Å². The van der Waals surface area contributed by atoms with Crippen LogP contribution in [0.5, 0.6) is 0 Å². The van der Waals surface area contributed by atoms with Gasteiger partial charge < -0.3 is 5.73 Å². The van der Waals surface area contributed by atoms with Gasteiger partial charge in [-0.15, -0.1) is 0 Å². The van der Waals surface area contributed by atoms with Crippen molar-refractivity contribution in [3.63, 3.8) is 0 Å². The molecular weight excluding hydrogens is 162 g/mol. The summed E-state index contributed by atoms with van der Waals surface area (Å²) < 4.78 is 0. The fourth-order valence-corrected chi connectivity index (χ4v) is 1.47. The van der Waals surface area contributed by atoms with Crippen LogP contribution >= 0.6 is 0 Å². The van der Waals surface area contributed by atoms with Gasteiger partial charge in [0.2, 0.25) is 0 Å². The fourth-order valence-electron chi connectivity index (χ4n) is 1.47. The summed E-state index contributed by atoms with van der Waals surface area (Å²) in [5.74, 6) is 0.340. The third-order valence-electron chi connectivity index (χ3n) is 2.34. The number of hydrogen-bond donors (Lipinski definition) is 2. The van der Waals surface area contributed by atoms with Crippen molar-refractivity contribution >= 4 is 10.9 Å². The van der Waals surface area contributed by atoms with Crippen LogP contribution in [0.1, 0.15) is 18.5 Å². The van der Waals surface area contributed by atoms with Crippen LogP contribution in [0.4, 0.5) is 0 Å². The minimum absolute atomic E-state index is 0.340. The maximum Gasteiger partial charge on any atom is 0.0923 e. The summed E-state index contributed by atoms with van der Waals surface area (Å²) in [6.45, 7) is 2.74. The molecular formula is C10H13N3. The Morgan fingerprint density at radius 2 is 2.23 bits per heavy atom. The van der Waals surface area contributed by atoms with Gasteiger partial charge in [-0.3, -0.25) is 5.10 Å². The Balaban J connectivity index is 2.57. The Morgan fingerprint density at radius 3 is 3.00 bits per heavy atom. The average molecular weight is 175 g/mol. The highest BCUT2D eigenvalue weighted by molar-refractivity contribution is 5.81. The van der Waals surface area contributed by atoms with Crippen LogP contribution in [0.2, 0.25) is 0 Å². The van der Waals surface area contributed by atoms with Gasteiger partial charge in [-0.25, -0.2) is 0 Å². The Morgan fingerprint density at radius 1 is 1.46 bits per heavy atom. The highest BCUT2D eigenvalue weighted by Gasteiger charge is 2.09. The van der Waals surface area contributed by atoms with Gasteiger partial charge in [-0.1, -0.05) is 25.1 Å². The zero-order chi connectivity index (χ0) is 9.26. The van der Waals surface area contributed by atoms with E-state index in [2.05, 4.69) is 23.2 Å². The Bertz CT molecular complexity index is 405. The van der Waals surface area contributed by atoms with Crippen molar-refractivity contribution in [3.05, 3.63) is 30.0 Å². The fraction of sp³-hybridized carbons (Fsp3) is 0.300. The minimum Gasteiger partial charge on any atom is -0.330 e. The highest BCUT2D eigenvalue weighted by atomic mass is 15.1. The van der Waals surface area contributed by atoms with E-state index >= 15 is 0 Å². The first-order valence-corrected chi connectivity index (χ1v) is 4.46. The first-order valence-electron chi connectivity index (χ1n) is 4.46. The van der Waals surface area contributed by atoms with Gasteiger partial charge in [-0.05, 0) is 6.07 Å². The summed E-state index contributed by atoms with van der Waals surface area (Å²) in [5, 5.41) is 8.42. The van der Waals surface area contributed by atoms with E-state index in [0.29, 0.717) is 12.5 Å². The van der Waals surface area contributed by atoms with Crippen LogP contribution in [0.3, 0.4) is 0 Å². The second-order valence-electron chi connectivity index (χ2n) is 3.29. The lowest BCUT2D eigenvalue weighted by molar-refractivity contribution is 0.744. The lowest BCUT2D eigenvalue weighted by Gasteiger charge is -2.04. The normalized spacial score (nSPS) is 13.4. The van der Waals surface area contributed by atoms with Crippen LogP contribution in [0.25, 0.3) is 10.9 Å². The van der Waals surface area contributed by atoms with Crippen molar-refractivity contribution in [2.45, 2.75) is 12.8 Å². The van der Waals surface area contributed by atoms with E-state index in [9.17, 15) is 0 Å². The number of para-hydroxylation sites is 1. The molecule has 0 aliphatic rings. The van der Waals surface area contributed by atoms with Gasteiger partial charge in [0.15, 0.2) is 0 Å². The van der Waals surface area contributed by atoms with E-state index in [4.69, 9.17) is 5.73 Å². The second kappa shape index (κ2) is 3.18. The Hall–Kier alpha value is -1.35. The number of hydrogen-bond acceptors (Lipinski definition) is 2. The van der Waals surface area contributed by atoms with Gasteiger partial charge in [0.25, 0.3) is 0 Å². The molecule has 1 aromatic carbocycles. The largest absolute Gasteiger partial charge is 0.330 e. The summed E-state index contributed by atoms with van der Waals surface area (Å²) in [7, 11) is 0. The molecule has 13 heavy (non-hydrogen) atoms. The van der Waals surface area contributed by atoms with Crippen molar-refractivity contribution in [1.82, 2.24) is 10.2 Å². The zero-order valence-corrected chi connectivity index (χ0v) is 7.62. The number of H-pyrrole nitrogens is 1. The molecule has 1 atom stereocenters. The van der Waals surface area contributed by atoms with Crippen molar-refractivity contribution in [2.75, 3.05) is 6.54 Å². The van der Waals surface area contributed by atoms with E-state index in [1.165, 1.54) is 5.39 Å². The summed E-state index contributed by atoms with van der Waals surface area (Å²) >= 11 is 0.